The Morgan fingerprint density at radius 1 is 1.12 bits per heavy atom. The molecule has 92 valence electrons. The maximum absolute atomic E-state index is 11.6. The van der Waals surface area contributed by atoms with Gasteiger partial charge >= 0.3 is 6.03 Å². The maximum atomic E-state index is 11.6. The van der Waals surface area contributed by atoms with Crippen molar-refractivity contribution in [3.05, 3.63) is 0 Å². The fraction of sp³-hybridized carbons (Fsp3) is 0.917. The first-order valence-corrected chi connectivity index (χ1v) is 6.50. The number of urea groups is 1. The Morgan fingerprint density at radius 2 is 1.94 bits per heavy atom. The molecule has 0 aromatic carbocycles. The van der Waals surface area contributed by atoms with Crippen LogP contribution in [0.1, 0.15) is 44.9 Å². The number of ether oxygens (including phenoxy) is 1. The van der Waals surface area contributed by atoms with Gasteiger partial charge in [0.2, 0.25) is 0 Å². The molecule has 0 aromatic heterocycles. The Hall–Kier alpha value is -0.770. The number of rotatable bonds is 3. The van der Waals surface area contributed by atoms with E-state index >= 15 is 0 Å². The first kappa shape index (κ1) is 11.7. The van der Waals surface area contributed by atoms with Crippen LogP contribution < -0.4 is 10.6 Å². The molecule has 0 unspecified atom stereocenters. The van der Waals surface area contributed by atoms with Crippen LogP contribution in [0, 0.1) is 0 Å². The van der Waals surface area contributed by atoms with Crippen LogP contribution in [0.3, 0.4) is 0 Å². The van der Waals surface area contributed by atoms with Crippen molar-refractivity contribution in [3.63, 3.8) is 0 Å². The smallest absolute Gasteiger partial charge is 0.315 e. The molecule has 0 spiro atoms. The molecule has 4 nitrogen and oxygen atoms in total. The van der Waals surface area contributed by atoms with Crippen molar-refractivity contribution in [3.8, 4) is 0 Å². The molecule has 0 bridgehead atoms. The normalized spacial score (nSPS) is 26.6. The molecule has 16 heavy (non-hydrogen) atoms. The van der Waals surface area contributed by atoms with Gasteiger partial charge in [0.05, 0.1) is 6.10 Å². The van der Waals surface area contributed by atoms with Gasteiger partial charge in [-0.3, -0.25) is 0 Å². The van der Waals surface area contributed by atoms with E-state index in [1.54, 1.807) is 0 Å². The molecule has 2 aliphatic rings. The first-order chi connectivity index (χ1) is 7.84. The summed E-state index contributed by atoms with van der Waals surface area (Å²) in [4.78, 5) is 11.6. The highest BCUT2D eigenvalue weighted by Crippen LogP contribution is 2.17. The third-order valence-electron chi connectivity index (χ3n) is 3.45. The molecule has 1 aliphatic carbocycles. The van der Waals surface area contributed by atoms with Crippen LogP contribution in [-0.4, -0.2) is 31.3 Å². The zero-order chi connectivity index (χ0) is 11.2. The monoisotopic (exact) mass is 226 g/mol. The molecular weight excluding hydrogens is 204 g/mol. The quantitative estimate of drug-likeness (QED) is 0.771. The lowest BCUT2D eigenvalue weighted by Crippen LogP contribution is -2.45. The average Bonchev–Trinajstić information content (AvgIpc) is 2.81. The Balaban J connectivity index is 1.59. The zero-order valence-electron chi connectivity index (χ0n) is 9.84. The molecule has 0 radical (unpaired) electrons. The van der Waals surface area contributed by atoms with Crippen molar-refractivity contribution in [2.45, 2.75) is 57.1 Å². The van der Waals surface area contributed by atoms with Gasteiger partial charge in [0.15, 0.2) is 0 Å². The third kappa shape index (κ3) is 3.67. The molecule has 1 atom stereocenters. The van der Waals surface area contributed by atoms with Crippen LogP contribution in [0.25, 0.3) is 0 Å². The molecule has 1 heterocycles. The van der Waals surface area contributed by atoms with Crippen LogP contribution in [0.2, 0.25) is 0 Å². The molecular formula is C12H22N2O2. The predicted octanol–water partition coefficient (Wildman–Crippen LogP) is 1.80. The second kappa shape index (κ2) is 6.09. The van der Waals surface area contributed by atoms with E-state index in [2.05, 4.69) is 10.6 Å². The zero-order valence-corrected chi connectivity index (χ0v) is 9.84. The maximum Gasteiger partial charge on any atom is 0.315 e. The van der Waals surface area contributed by atoms with Gasteiger partial charge in [-0.05, 0) is 25.7 Å². The molecule has 2 N–H and O–H groups in total. The van der Waals surface area contributed by atoms with Gasteiger partial charge < -0.3 is 15.4 Å². The van der Waals surface area contributed by atoms with E-state index in [1.807, 2.05) is 0 Å². The largest absolute Gasteiger partial charge is 0.376 e. The number of hydrogen-bond acceptors (Lipinski definition) is 2. The molecule has 1 saturated heterocycles. The Kier molecular flexibility index (Phi) is 4.45. The highest BCUT2D eigenvalue weighted by molar-refractivity contribution is 5.74. The molecule has 2 fully saturated rings. The van der Waals surface area contributed by atoms with Crippen LogP contribution in [0.15, 0.2) is 0 Å². The highest BCUT2D eigenvalue weighted by Gasteiger charge is 2.18. The average molecular weight is 226 g/mol. The number of amides is 2. The fourth-order valence-corrected chi connectivity index (χ4v) is 2.50. The lowest BCUT2D eigenvalue weighted by molar-refractivity contribution is 0.111. The molecule has 1 aliphatic heterocycles. The van der Waals surface area contributed by atoms with Gasteiger partial charge in [0, 0.05) is 19.2 Å². The van der Waals surface area contributed by atoms with Gasteiger partial charge in [-0.15, -0.1) is 0 Å². The van der Waals surface area contributed by atoms with E-state index in [0.29, 0.717) is 12.6 Å². The van der Waals surface area contributed by atoms with Crippen molar-refractivity contribution in [1.29, 1.82) is 0 Å². The molecule has 0 aromatic rings. The van der Waals surface area contributed by atoms with Crippen LogP contribution in [-0.2, 0) is 4.74 Å². The van der Waals surface area contributed by atoms with Gasteiger partial charge in [-0.25, -0.2) is 4.79 Å². The molecule has 2 amide bonds. The summed E-state index contributed by atoms with van der Waals surface area (Å²) >= 11 is 0. The van der Waals surface area contributed by atoms with Gasteiger partial charge in [-0.2, -0.15) is 0 Å². The summed E-state index contributed by atoms with van der Waals surface area (Å²) in [7, 11) is 0. The second-order valence-corrected chi connectivity index (χ2v) is 4.82. The predicted molar refractivity (Wildman–Crippen MR) is 62.4 cm³/mol. The van der Waals surface area contributed by atoms with Crippen LogP contribution in [0.4, 0.5) is 4.79 Å². The summed E-state index contributed by atoms with van der Waals surface area (Å²) in [6, 6.07) is 0.362. The number of carbonyl (C=O) groups is 1. The summed E-state index contributed by atoms with van der Waals surface area (Å²) < 4.78 is 5.45. The van der Waals surface area contributed by atoms with Crippen molar-refractivity contribution >= 4 is 6.03 Å². The van der Waals surface area contributed by atoms with Gasteiger partial charge in [-0.1, -0.05) is 19.3 Å². The van der Waals surface area contributed by atoms with Crippen LogP contribution in [0.5, 0.6) is 0 Å². The van der Waals surface area contributed by atoms with Crippen molar-refractivity contribution in [1.82, 2.24) is 10.6 Å². The SMILES string of the molecule is O=C(NC[C@@H]1CCCO1)NC1CCCCC1. The van der Waals surface area contributed by atoms with E-state index < -0.39 is 0 Å². The van der Waals surface area contributed by atoms with E-state index in [9.17, 15) is 4.79 Å². The van der Waals surface area contributed by atoms with Crippen LogP contribution >= 0.6 is 0 Å². The standard InChI is InChI=1S/C12H22N2O2/c15-12(13-9-11-7-4-8-16-11)14-10-5-2-1-3-6-10/h10-11H,1-9H2,(H2,13,14,15)/t11-/m0/s1. The lowest BCUT2D eigenvalue weighted by atomic mass is 9.96. The topological polar surface area (TPSA) is 50.4 Å². The first-order valence-electron chi connectivity index (χ1n) is 6.50. The summed E-state index contributed by atoms with van der Waals surface area (Å²) in [6.07, 6.45) is 8.50. The van der Waals surface area contributed by atoms with E-state index in [1.165, 1.54) is 19.3 Å². The molecule has 1 saturated carbocycles. The fourth-order valence-electron chi connectivity index (χ4n) is 2.50. The van der Waals surface area contributed by atoms with Gasteiger partial charge in [0.1, 0.15) is 0 Å². The minimum atomic E-state index is -0.0256. The number of carbonyl (C=O) groups excluding carboxylic acids is 1. The van der Waals surface area contributed by atoms with Gasteiger partial charge in [0.25, 0.3) is 0 Å². The lowest BCUT2D eigenvalue weighted by Gasteiger charge is -2.23. The molecule has 2 rings (SSSR count). The van der Waals surface area contributed by atoms with Crippen molar-refractivity contribution in [2.24, 2.45) is 0 Å². The summed E-state index contributed by atoms with van der Waals surface area (Å²) in [5.41, 5.74) is 0. The second-order valence-electron chi connectivity index (χ2n) is 4.82. The minimum Gasteiger partial charge on any atom is -0.376 e. The number of nitrogens with one attached hydrogen (secondary N) is 2. The Morgan fingerprint density at radius 3 is 2.62 bits per heavy atom. The highest BCUT2D eigenvalue weighted by atomic mass is 16.5. The third-order valence-corrected chi connectivity index (χ3v) is 3.45. The number of hydrogen-bond donors (Lipinski definition) is 2. The summed E-state index contributed by atoms with van der Waals surface area (Å²) in [5.74, 6) is 0. The summed E-state index contributed by atoms with van der Waals surface area (Å²) in [6.45, 7) is 1.50. The Labute approximate surface area is 97.1 Å². The Bertz CT molecular complexity index is 221. The molecule has 4 heteroatoms. The van der Waals surface area contributed by atoms with E-state index in [4.69, 9.17) is 4.74 Å². The van der Waals surface area contributed by atoms with E-state index in [-0.39, 0.29) is 12.1 Å². The summed E-state index contributed by atoms with van der Waals surface area (Å²) in [5, 5.41) is 5.93. The van der Waals surface area contributed by atoms with Crippen molar-refractivity contribution < 1.29 is 9.53 Å². The van der Waals surface area contributed by atoms with E-state index in [0.717, 1.165) is 32.3 Å². The van der Waals surface area contributed by atoms with Crippen molar-refractivity contribution in [2.75, 3.05) is 13.2 Å². The minimum absolute atomic E-state index is 0.0256.